The number of aromatic nitrogens is 2. The minimum Gasteiger partial charge on any atom is -0.467 e. The van der Waals surface area contributed by atoms with Gasteiger partial charge in [-0.1, -0.05) is 18.2 Å². The molecule has 0 atom stereocenters. The largest absolute Gasteiger partial charge is 0.467 e. The quantitative estimate of drug-likeness (QED) is 0.397. The Morgan fingerprint density at radius 2 is 1.71 bits per heavy atom. The maximum absolute atomic E-state index is 13.2. The Morgan fingerprint density at radius 3 is 2.43 bits per heavy atom. The first-order valence-electron chi connectivity index (χ1n) is 11.2. The monoisotopic (exact) mass is 468 g/mol. The highest BCUT2D eigenvalue weighted by Gasteiger charge is 2.36. The standard InChI is InChI=1S/C27H24N4O4/c1-17-24(18(2)31(28-17)20-8-5-4-6-9-20)16-29(3)25(32)19-11-12-22-23(14-19)27(34)30(26(22)33)15-21-10-7-13-35-21/h4-14H,15-16H2,1-3H3. The number of hydrogen-bond donors (Lipinski definition) is 0. The van der Waals surface area contributed by atoms with Crippen molar-refractivity contribution in [3.05, 3.63) is 106 Å². The molecule has 0 saturated carbocycles. The van der Waals surface area contributed by atoms with Crippen LogP contribution in [0.4, 0.5) is 0 Å². The first kappa shape index (κ1) is 22.3. The van der Waals surface area contributed by atoms with Crippen LogP contribution in [0, 0.1) is 13.8 Å². The van der Waals surface area contributed by atoms with Gasteiger partial charge in [0.05, 0.1) is 35.3 Å². The fourth-order valence-corrected chi connectivity index (χ4v) is 4.38. The Kier molecular flexibility index (Phi) is 5.56. The van der Waals surface area contributed by atoms with Crippen LogP contribution in [0.5, 0.6) is 0 Å². The van der Waals surface area contributed by atoms with Crippen LogP contribution in [-0.4, -0.2) is 44.3 Å². The average molecular weight is 469 g/mol. The lowest BCUT2D eigenvalue weighted by atomic mass is 10.0. The molecule has 0 spiro atoms. The number of aryl methyl sites for hydroxylation is 1. The van der Waals surface area contributed by atoms with Gasteiger partial charge < -0.3 is 9.32 Å². The molecule has 8 nitrogen and oxygen atoms in total. The number of rotatable bonds is 6. The van der Waals surface area contributed by atoms with Gasteiger partial charge >= 0.3 is 0 Å². The molecule has 8 heteroatoms. The summed E-state index contributed by atoms with van der Waals surface area (Å²) in [6.07, 6.45) is 1.49. The van der Waals surface area contributed by atoms with Crippen molar-refractivity contribution in [2.45, 2.75) is 26.9 Å². The van der Waals surface area contributed by atoms with Crippen LogP contribution < -0.4 is 0 Å². The SMILES string of the molecule is Cc1nn(-c2ccccc2)c(C)c1CN(C)C(=O)c1ccc2c(c1)C(=O)N(Cc1ccco1)C2=O. The van der Waals surface area contributed by atoms with E-state index in [0.717, 1.165) is 27.5 Å². The third kappa shape index (κ3) is 3.93. The van der Waals surface area contributed by atoms with E-state index in [4.69, 9.17) is 4.42 Å². The van der Waals surface area contributed by atoms with E-state index in [1.165, 1.54) is 12.3 Å². The highest BCUT2D eigenvalue weighted by molar-refractivity contribution is 6.22. The number of furan rings is 1. The maximum atomic E-state index is 13.2. The van der Waals surface area contributed by atoms with E-state index in [1.54, 1.807) is 36.2 Å². The Morgan fingerprint density at radius 1 is 0.971 bits per heavy atom. The van der Waals surface area contributed by atoms with E-state index in [2.05, 4.69) is 5.10 Å². The van der Waals surface area contributed by atoms with Gasteiger partial charge in [0.1, 0.15) is 5.76 Å². The zero-order chi connectivity index (χ0) is 24.7. The first-order valence-corrected chi connectivity index (χ1v) is 11.2. The maximum Gasteiger partial charge on any atom is 0.261 e. The minimum absolute atomic E-state index is 0.0481. The van der Waals surface area contributed by atoms with E-state index in [0.29, 0.717) is 17.9 Å². The van der Waals surface area contributed by atoms with Crippen molar-refractivity contribution in [3.8, 4) is 5.69 Å². The van der Waals surface area contributed by atoms with Crippen LogP contribution in [0.3, 0.4) is 0 Å². The summed E-state index contributed by atoms with van der Waals surface area (Å²) in [6.45, 7) is 4.31. The van der Waals surface area contributed by atoms with E-state index in [1.807, 2.05) is 48.9 Å². The van der Waals surface area contributed by atoms with Crippen LogP contribution in [0.2, 0.25) is 0 Å². The molecule has 0 N–H and O–H groups in total. The Balaban J connectivity index is 1.36. The second-order valence-electron chi connectivity index (χ2n) is 8.59. The van der Waals surface area contributed by atoms with E-state index in [-0.39, 0.29) is 23.6 Å². The molecular weight excluding hydrogens is 444 g/mol. The van der Waals surface area contributed by atoms with Crippen LogP contribution in [-0.2, 0) is 13.1 Å². The summed E-state index contributed by atoms with van der Waals surface area (Å²) in [5.74, 6) is -0.566. The van der Waals surface area contributed by atoms with Crippen molar-refractivity contribution in [2.24, 2.45) is 0 Å². The third-order valence-electron chi connectivity index (χ3n) is 6.30. The number of imide groups is 1. The molecule has 3 heterocycles. The van der Waals surface area contributed by atoms with Gasteiger partial charge in [0, 0.05) is 30.4 Å². The zero-order valence-corrected chi connectivity index (χ0v) is 19.7. The first-order chi connectivity index (χ1) is 16.8. The molecule has 35 heavy (non-hydrogen) atoms. The summed E-state index contributed by atoms with van der Waals surface area (Å²) in [7, 11) is 1.71. The lowest BCUT2D eigenvalue weighted by Crippen LogP contribution is -2.29. The number of carbonyl (C=O) groups is 3. The number of para-hydroxylation sites is 1. The molecule has 3 amide bonds. The van der Waals surface area contributed by atoms with E-state index in [9.17, 15) is 14.4 Å². The molecule has 0 aliphatic carbocycles. The molecule has 0 fully saturated rings. The third-order valence-corrected chi connectivity index (χ3v) is 6.30. The highest BCUT2D eigenvalue weighted by Crippen LogP contribution is 2.27. The molecule has 1 aliphatic heterocycles. The summed E-state index contributed by atoms with van der Waals surface area (Å²) in [5, 5.41) is 4.65. The van der Waals surface area contributed by atoms with Crippen molar-refractivity contribution < 1.29 is 18.8 Å². The summed E-state index contributed by atoms with van der Waals surface area (Å²) >= 11 is 0. The number of nitrogens with zero attached hydrogens (tertiary/aromatic N) is 4. The normalized spacial score (nSPS) is 12.8. The lowest BCUT2D eigenvalue weighted by Gasteiger charge is -2.18. The Hall–Kier alpha value is -4.46. The fraction of sp³-hybridized carbons (Fsp3) is 0.185. The predicted octanol–water partition coefficient (Wildman–Crippen LogP) is 4.15. The molecule has 0 radical (unpaired) electrons. The van der Waals surface area contributed by atoms with E-state index < -0.39 is 11.8 Å². The summed E-state index contributed by atoms with van der Waals surface area (Å²) in [4.78, 5) is 41.6. The number of fused-ring (bicyclic) bond motifs is 1. The average Bonchev–Trinajstić information content (AvgIpc) is 3.55. The molecule has 0 unspecified atom stereocenters. The van der Waals surface area contributed by atoms with Crippen LogP contribution in [0.15, 0.2) is 71.3 Å². The molecule has 5 rings (SSSR count). The molecule has 0 saturated heterocycles. The number of hydrogen-bond acceptors (Lipinski definition) is 5. The van der Waals surface area contributed by atoms with Crippen molar-refractivity contribution in [3.63, 3.8) is 0 Å². The Bertz CT molecular complexity index is 1440. The highest BCUT2D eigenvalue weighted by atomic mass is 16.3. The molecule has 2 aromatic heterocycles. The number of carbonyl (C=O) groups excluding carboxylic acids is 3. The smallest absolute Gasteiger partial charge is 0.261 e. The molecule has 176 valence electrons. The molecule has 1 aliphatic rings. The summed E-state index contributed by atoms with van der Waals surface area (Å²) in [5.41, 5.74) is 4.57. The number of benzene rings is 2. The van der Waals surface area contributed by atoms with Gasteiger partial charge in [0.15, 0.2) is 0 Å². The van der Waals surface area contributed by atoms with Gasteiger partial charge in [-0.3, -0.25) is 19.3 Å². The number of amides is 3. The summed E-state index contributed by atoms with van der Waals surface area (Å²) < 4.78 is 7.15. The Labute approximate surface area is 202 Å². The second kappa shape index (κ2) is 8.72. The van der Waals surface area contributed by atoms with Crippen LogP contribution >= 0.6 is 0 Å². The molecule has 2 aromatic carbocycles. The molecule has 4 aromatic rings. The minimum atomic E-state index is -0.436. The topological polar surface area (TPSA) is 88.7 Å². The van der Waals surface area contributed by atoms with Crippen LogP contribution in [0.25, 0.3) is 5.69 Å². The zero-order valence-electron chi connectivity index (χ0n) is 19.7. The van der Waals surface area contributed by atoms with Crippen molar-refractivity contribution in [2.75, 3.05) is 7.05 Å². The van der Waals surface area contributed by atoms with E-state index >= 15 is 0 Å². The fourth-order valence-electron chi connectivity index (χ4n) is 4.38. The predicted molar refractivity (Wildman–Crippen MR) is 128 cm³/mol. The van der Waals surface area contributed by atoms with Gasteiger partial charge in [-0.25, -0.2) is 4.68 Å². The molecule has 0 bridgehead atoms. The lowest BCUT2D eigenvalue weighted by molar-refractivity contribution is 0.0631. The summed E-state index contributed by atoms with van der Waals surface area (Å²) in [6, 6.07) is 17.9. The second-order valence-corrected chi connectivity index (χ2v) is 8.59. The van der Waals surface area contributed by atoms with Crippen LogP contribution in [0.1, 0.15) is 53.8 Å². The van der Waals surface area contributed by atoms with Gasteiger partial charge in [-0.15, -0.1) is 0 Å². The van der Waals surface area contributed by atoms with Gasteiger partial charge in [0.25, 0.3) is 17.7 Å². The molecular formula is C27H24N4O4. The van der Waals surface area contributed by atoms with Crippen molar-refractivity contribution in [1.82, 2.24) is 19.6 Å². The van der Waals surface area contributed by atoms with Gasteiger partial charge in [-0.2, -0.15) is 5.10 Å². The van der Waals surface area contributed by atoms with Crippen molar-refractivity contribution in [1.29, 1.82) is 0 Å². The van der Waals surface area contributed by atoms with Gasteiger partial charge in [0.2, 0.25) is 0 Å². The van der Waals surface area contributed by atoms with Gasteiger partial charge in [-0.05, 0) is 56.3 Å². The van der Waals surface area contributed by atoms with Crippen molar-refractivity contribution >= 4 is 17.7 Å².